The van der Waals surface area contributed by atoms with Gasteiger partial charge in [-0.3, -0.25) is 0 Å². The van der Waals surface area contributed by atoms with Crippen molar-refractivity contribution in [2.75, 3.05) is 0 Å². The standard InChI is InChI=1S/C19H32O3S.Na/c1-5-10-16-12-9-13-18(17(16)11-6-2)19(14-7-3,15-8-4)23(20,21)22;/h9,12-13H,5-8,10-11,14-15H2,1-4H3,(H,20,21,22);/q;+1/p-1. The maximum absolute atomic E-state index is 12.3. The van der Waals surface area contributed by atoms with Gasteiger partial charge in [0.2, 0.25) is 0 Å². The Bertz CT molecular complexity index is 591. The Morgan fingerprint density at radius 2 is 1.46 bits per heavy atom. The molecule has 0 saturated carbocycles. The molecule has 0 saturated heterocycles. The molecule has 0 unspecified atom stereocenters. The van der Waals surface area contributed by atoms with E-state index in [1.165, 1.54) is 5.56 Å². The molecule has 0 aliphatic carbocycles. The molecule has 0 amide bonds. The van der Waals surface area contributed by atoms with Crippen LogP contribution in [0.3, 0.4) is 0 Å². The average molecular weight is 363 g/mol. The van der Waals surface area contributed by atoms with Gasteiger partial charge in [-0.2, -0.15) is 0 Å². The van der Waals surface area contributed by atoms with Gasteiger partial charge in [0.05, 0.1) is 4.75 Å². The summed E-state index contributed by atoms with van der Waals surface area (Å²) in [7, 11) is -4.43. The summed E-state index contributed by atoms with van der Waals surface area (Å²) in [4.78, 5) is 0. The minimum absolute atomic E-state index is 0. The van der Waals surface area contributed by atoms with Crippen LogP contribution in [0.5, 0.6) is 0 Å². The van der Waals surface area contributed by atoms with Gasteiger partial charge < -0.3 is 4.55 Å². The molecular formula is C19H31NaO3S. The second-order valence-corrected chi connectivity index (χ2v) is 8.08. The van der Waals surface area contributed by atoms with Crippen molar-refractivity contribution in [1.82, 2.24) is 0 Å². The molecule has 0 aliphatic rings. The zero-order chi connectivity index (χ0) is 17.5. The summed E-state index contributed by atoms with van der Waals surface area (Å²) >= 11 is 0. The SMILES string of the molecule is CCCc1cccc(C(CCC)(CCC)S(=O)(=O)[O-])c1CCC.[Na+]. The number of hydrogen-bond donors (Lipinski definition) is 0. The van der Waals surface area contributed by atoms with Crippen LogP contribution in [-0.2, 0) is 27.7 Å². The van der Waals surface area contributed by atoms with Crippen molar-refractivity contribution >= 4 is 10.1 Å². The van der Waals surface area contributed by atoms with Crippen molar-refractivity contribution in [2.24, 2.45) is 0 Å². The van der Waals surface area contributed by atoms with Crippen LogP contribution in [0.25, 0.3) is 0 Å². The molecule has 3 nitrogen and oxygen atoms in total. The first kappa shape index (κ1) is 24.1. The van der Waals surface area contributed by atoms with E-state index in [0.29, 0.717) is 25.7 Å². The molecule has 0 aromatic heterocycles. The number of hydrogen-bond acceptors (Lipinski definition) is 3. The predicted octanol–water partition coefficient (Wildman–Crippen LogP) is 1.94. The van der Waals surface area contributed by atoms with Gasteiger partial charge in [0, 0.05) is 0 Å². The van der Waals surface area contributed by atoms with Crippen LogP contribution in [0.1, 0.15) is 82.9 Å². The number of aryl methyl sites for hydroxylation is 1. The van der Waals surface area contributed by atoms with Gasteiger partial charge in [0.1, 0.15) is 10.1 Å². The molecular weight excluding hydrogens is 331 g/mol. The molecule has 132 valence electrons. The van der Waals surface area contributed by atoms with Gasteiger partial charge >= 0.3 is 29.6 Å². The van der Waals surface area contributed by atoms with E-state index in [0.717, 1.165) is 36.8 Å². The first-order valence-electron chi connectivity index (χ1n) is 8.94. The summed E-state index contributed by atoms with van der Waals surface area (Å²) in [5.41, 5.74) is 3.06. The fourth-order valence-corrected chi connectivity index (χ4v) is 5.07. The molecule has 24 heavy (non-hydrogen) atoms. The summed E-state index contributed by atoms with van der Waals surface area (Å²) in [6, 6.07) is 5.88. The van der Waals surface area contributed by atoms with Crippen molar-refractivity contribution in [3.05, 3.63) is 34.9 Å². The van der Waals surface area contributed by atoms with E-state index < -0.39 is 14.9 Å². The van der Waals surface area contributed by atoms with Crippen molar-refractivity contribution in [2.45, 2.75) is 83.8 Å². The van der Waals surface area contributed by atoms with Crippen LogP contribution in [0.4, 0.5) is 0 Å². The van der Waals surface area contributed by atoms with Gasteiger partial charge in [0.25, 0.3) is 0 Å². The van der Waals surface area contributed by atoms with Crippen molar-refractivity contribution < 1.29 is 42.5 Å². The second kappa shape index (κ2) is 11.0. The average Bonchev–Trinajstić information content (AvgIpc) is 2.48. The van der Waals surface area contributed by atoms with Crippen LogP contribution in [-0.4, -0.2) is 13.0 Å². The minimum Gasteiger partial charge on any atom is -0.747 e. The third kappa shape index (κ3) is 5.31. The second-order valence-electron chi connectivity index (χ2n) is 6.39. The Labute approximate surface area is 170 Å². The first-order valence-corrected chi connectivity index (χ1v) is 10.3. The number of benzene rings is 1. The van der Waals surface area contributed by atoms with E-state index in [4.69, 9.17) is 0 Å². The Kier molecular flexibility index (Phi) is 11.0. The molecule has 0 spiro atoms. The zero-order valence-electron chi connectivity index (χ0n) is 16.0. The molecule has 0 aliphatic heterocycles. The molecule has 0 heterocycles. The molecule has 5 heteroatoms. The fourth-order valence-electron chi connectivity index (χ4n) is 3.70. The molecule has 1 aromatic rings. The third-order valence-electron chi connectivity index (χ3n) is 4.57. The van der Waals surface area contributed by atoms with E-state index in [1.807, 2.05) is 26.0 Å². The summed E-state index contributed by atoms with van der Waals surface area (Å²) in [5.74, 6) is 0. The largest absolute Gasteiger partial charge is 1.00 e. The van der Waals surface area contributed by atoms with E-state index in [2.05, 4.69) is 19.9 Å². The van der Waals surface area contributed by atoms with Crippen molar-refractivity contribution in [1.29, 1.82) is 0 Å². The van der Waals surface area contributed by atoms with Crippen LogP contribution < -0.4 is 29.6 Å². The molecule has 1 aromatic carbocycles. The normalized spacial score (nSPS) is 12.0. The Morgan fingerprint density at radius 1 is 0.917 bits per heavy atom. The maximum Gasteiger partial charge on any atom is 1.00 e. The Balaban J connectivity index is 0.00000529. The summed E-state index contributed by atoms with van der Waals surface area (Å²) < 4.78 is 35.6. The Morgan fingerprint density at radius 3 is 1.88 bits per heavy atom. The minimum atomic E-state index is -4.43. The molecule has 0 N–H and O–H groups in total. The van der Waals surface area contributed by atoms with Crippen LogP contribution in [0, 0.1) is 0 Å². The van der Waals surface area contributed by atoms with Crippen molar-refractivity contribution in [3.63, 3.8) is 0 Å². The summed E-state index contributed by atoms with van der Waals surface area (Å²) in [6.45, 7) is 8.12. The molecule has 0 radical (unpaired) electrons. The molecule has 0 bridgehead atoms. The third-order valence-corrected chi connectivity index (χ3v) is 6.15. The smallest absolute Gasteiger partial charge is 0.747 e. The van der Waals surface area contributed by atoms with E-state index in [9.17, 15) is 13.0 Å². The van der Waals surface area contributed by atoms with Gasteiger partial charge in [-0.1, -0.05) is 71.6 Å². The van der Waals surface area contributed by atoms with E-state index >= 15 is 0 Å². The maximum atomic E-state index is 12.3. The van der Waals surface area contributed by atoms with Gasteiger partial charge in [-0.05, 0) is 42.4 Å². The van der Waals surface area contributed by atoms with Crippen LogP contribution >= 0.6 is 0 Å². The van der Waals surface area contributed by atoms with E-state index in [-0.39, 0.29) is 29.6 Å². The first-order chi connectivity index (χ1) is 10.9. The topological polar surface area (TPSA) is 57.2 Å². The quantitative estimate of drug-likeness (QED) is 0.472. The zero-order valence-corrected chi connectivity index (χ0v) is 18.8. The Hall–Kier alpha value is 0.130. The fraction of sp³-hybridized carbons (Fsp3) is 0.684. The van der Waals surface area contributed by atoms with E-state index in [1.54, 1.807) is 0 Å². The van der Waals surface area contributed by atoms with Gasteiger partial charge in [0.15, 0.2) is 0 Å². The number of rotatable bonds is 10. The monoisotopic (exact) mass is 362 g/mol. The summed E-state index contributed by atoms with van der Waals surface area (Å²) in [5, 5.41) is 0. The van der Waals surface area contributed by atoms with Crippen LogP contribution in [0.2, 0.25) is 0 Å². The molecule has 0 fully saturated rings. The van der Waals surface area contributed by atoms with Gasteiger partial charge in [-0.25, -0.2) is 8.42 Å². The molecule has 0 atom stereocenters. The molecule has 1 rings (SSSR count). The van der Waals surface area contributed by atoms with Gasteiger partial charge in [-0.15, -0.1) is 0 Å². The van der Waals surface area contributed by atoms with Crippen molar-refractivity contribution in [3.8, 4) is 0 Å². The van der Waals surface area contributed by atoms with Crippen LogP contribution in [0.15, 0.2) is 18.2 Å². The predicted molar refractivity (Wildman–Crippen MR) is 95.6 cm³/mol. The summed E-state index contributed by atoms with van der Waals surface area (Å²) in [6.07, 6.45) is 5.89.